The van der Waals surface area contributed by atoms with E-state index in [1.54, 1.807) is 0 Å². The number of rotatable bonds is 4. The van der Waals surface area contributed by atoms with E-state index in [0.717, 1.165) is 16.0 Å². The average molecular weight is 408 g/mol. The Balaban J connectivity index is 1.66. The minimum absolute atomic E-state index is 0.0120. The van der Waals surface area contributed by atoms with Gasteiger partial charge in [-0.2, -0.15) is 0 Å². The highest BCUT2D eigenvalue weighted by atomic mass is 32.2. The number of hydrogen-bond donors (Lipinski definition) is 2. The number of nitrogen functional groups attached to an aromatic ring is 1. The highest BCUT2D eigenvalue weighted by Crippen LogP contribution is 2.38. The third-order valence-corrected chi connectivity index (χ3v) is 6.29. The predicted molar refractivity (Wildman–Crippen MR) is 114 cm³/mol. The van der Waals surface area contributed by atoms with Crippen LogP contribution in [0, 0.1) is 0 Å². The largest absolute Gasteiger partial charge is 0.383 e. The zero-order valence-corrected chi connectivity index (χ0v) is 16.6. The fraction of sp³-hybridized carbons (Fsp3) is 0.190. The molecule has 148 valence electrons. The Labute approximate surface area is 171 Å². The Morgan fingerprint density at radius 1 is 1.17 bits per heavy atom. The number of nitrogens with two attached hydrogens (primary N) is 1. The molecule has 3 aromatic rings. The van der Waals surface area contributed by atoms with Gasteiger partial charge in [-0.25, -0.2) is 4.79 Å². The summed E-state index contributed by atoms with van der Waals surface area (Å²) < 4.78 is 1.27. The van der Waals surface area contributed by atoms with E-state index in [-0.39, 0.29) is 29.2 Å². The summed E-state index contributed by atoms with van der Waals surface area (Å²) in [5, 5.41) is -0.342. The van der Waals surface area contributed by atoms with Crippen LogP contribution in [0.5, 0.6) is 0 Å². The van der Waals surface area contributed by atoms with Crippen molar-refractivity contribution in [2.45, 2.75) is 23.1 Å². The van der Waals surface area contributed by atoms with Crippen LogP contribution in [0.2, 0.25) is 0 Å². The van der Waals surface area contributed by atoms with E-state index in [1.165, 1.54) is 28.3 Å². The van der Waals surface area contributed by atoms with E-state index in [0.29, 0.717) is 6.42 Å². The van der Waals surface area contributed by atoms with E-state index in [2.05, 4.69) is 4.98 Å². The summed E-state index contributed by atoms with van der Waals surface area (Å²) in [5.41, 5.74) is 6.87. The van der Waals surface area contributed by atoms with Gasteiger partial charge in [-0.3, -0.25) is 19.1 Å². The number of benzene rings is 2. The van der Waals surface area contributed by atoms with E-state index in [9.17, 15) is 14.4 Å². The second-order valence-corrected chi connectivity index (χ2v) is 8.13. The molecule has 1 unspecified atom stereocenters. The molecular weight excluding hydrogens is 388 g/mol. The molecular formula is C21H20N4O3S. The van der Waals surface area contributed by atoms with Gasteiger partial charge in [0.2, 0.25) is 5.91 Å². The highest BCUT2D eigenvalue weighted by Gasteiger charge is 2.32. The lowest BCUT2D eigenvalue weighted by atomic mass is 10.1. The number of H-pyrrole nitrogens is 1. The first-order valence-electron chi connectivity index (χ1n) is 9.14. The van der Waals surface area contributed by atoms with Crippen molar-refractivity contribution in [1.29, 1.82) is 0 Å². The average Bonchev–Trinajstić information content (AvgIpc) is 3.15. The van der Waals surface area contributed by atoms with Crippen LogP contribution in [0.3, 0.4) is 0 Å². The molecule has 1 atom stereocenters. The first kappa shape index (κ1) is 19.1. The number of anilines is 2. The van der Waals surface area contributed by atoms with Crippen molar-refractivity contribution in [3.63, 3.8) is 0 Å². The molecule has 1 aliphatic rings. The molecule has 1 aromatic heterocycles. The molecule has 2 heterocycles. The van der Waals surface area contributed by atoms with E-state index in [4.69, 9.17) is 5.73 Å². The fourth-order valence-electron chi connectivity index (χ4n) is 3.47. The van der Waals surface area contributed by atoms with Gasteiger partial charge >= 0.3 is 5.69 Å². The molecule has 0 saturated carbocycles. The monoisotopic (exact) mass is 408 g/mol. The van der Waals surface area contributed by atoms with Gasteiger partial charge in [0.05, 0.1) is 11.8 Å². The summed E-state index contributed by atoms with van der Waals surface area (Å²) in [4.78, 5) is 42.5. The van der Waals surface area contributed by atoms with E-state index < -0.39 is 11.2 Å². The number of carbonyl (C=O) groups excluding carboxylic acids is 1. The van der Waals surface area contributed by atoms with Crippen molar-refractivity contribution in [3.05, 3.63) is 86.6 Å². The zero-order valence-electron chi connectivity index (χ0n) is 15.8. The third kappa shape index (κ3) is 3.58. The minimum atomic E-state index is -0.673. The number of nitrogens with zero attached hydrogens (tertiary/aromatic N) is 2. The lowest BCUT2D eigenvalue weighted by molar-refractivity contribution is -0.117. The molecule has 0 bridgehead atoms. The van der Waals surface area contributed by atoms with Crippen LogP contribution < -0.4 is 21.9 Å². The van der Waals surface area contributed by atoms with Gasteiger partial charge in [0.15, 0.2) is 5.69 Å². The summed E-state index contributed by atoms with van der Waals surface area (Å²) in [6.45, 7) is 0.195. The summed E-state index contributed by atoms with van der Waals surface area (Å²) in [7, 11) is 1.52. The van der Waals surface area contributed by atoms with Crippen LogP contribution in [0.25, 0.3) is 0 Å². The maximum atomic E-state index is 13.1. The van der Waals surface area contributed by atoms with E-state index >= 15 is 0 Å². The molecule has 0 saturated heterocycles. The predicted octanol–water partition coefficient (Wildman–Crippen LogP) is 1.85. The number of thioether (sulfide) groups is 1. The molecule has 0 aliphatic carbocycles. The lowest BCUT2D eigenvalue weighted by Gasteiger charge is -2.22. The van der Waals surface area contributed by atoms with Crippen molar-refractivity contribution in [2.24, 2.45) is 0 Å². The van der Waals surface area contributed by atoms with Crippen LogP contribution in [-0.4, -0.2) is 27.8 Å². The number of carbonyl (C=O) groups is 1. The van der Waals surface area contributed by atoms with Gasteiger partial charge in [-0.05, 0) is 23.6 Å². The van der Waals surface area contributed by atoms with Gasteiger partial charge in [-0.1, -0.05) is 48.5 Å². The molecule has 8 heteroatoms. The second kappa shape index (κ2) is 7.63. The van der Waals surface area contributed by atoms with Crippen molar-refractivity contribution in [3.8, 4) is 0 Å². The Hall–Kier alpha value is -3.26. The summed E-state index contributed by atoms with van der Waals surface area (Å²) >= 11 is 1.48. The standard InChI is InChI=1S/C21H20N4O3S/c1-24(20(27)16-11-14-9-5-6-10-15(14)29-16)17-18(22)25(21(28)23-19(17)26)12-13-7-3-2-4-8-13/h2-10,16H,11-12,22H2,1H3,(H,23,26,28). The number of aromatic nitrogens is 2. The Morgan fingerprint density at radius 3 is 2.59 bits per heavy atom. The van der Waals surface area contributed by atoms with Crippen molar-refractivity contribution >= 4 is 29.2 Å². The number of nitrogens with one attached hydrogen (secondary N) is 1. The van der Waals surface area contributed by atoms with Gasteiger partial charge in [0.25, 0.3) is 5.56 Å². The Morgan fingerprint density at radius 2 is 1.86 bits per heavy atom. The quantitative estimate of drug-likeness (QED) is 0.686. The molecule has 2 aromatic carbocycles. The number of hydrogen-bond acceptors (Lipinski definition) is 5. The van der Waals surface area contributed by atoms with Crippen molar-refractivity contribution in [1.82, 2.24) is 9.55 Å². The first-order chi connectivity index (χ1) is 14.0. The van der Waals surface area contributed by atoms with Crippen LogP contribution in [-0.2, 0) is 17.8 Å². The summed E-state index contributed by atoms with van der Waals surface area (Å²) in [6, 6.07) is 17.2. The number of amides is 1. The minimum Gasteiger partial charge on any atom is -0.383 e. The molecule has 0 radical (unpaired) electrons. The molecule has 0 spiro atoms. The lowest BCUT2D eigenvalue weighted by Crippen LogP contribution is -2.42. The SMILES string of the molecule is CN(C(=O)C1Cc2ccccc2S1)c1c(N)n(Cc2ccccc2)c(=O)[nH]c1=O. The normalized spacial score (nSPS) is 15.1. The van der Waals surface area contributed by atoms with E-state index in [1.807, 2.05) is 54.6 Å². The van der Waals surface area contributed by atoms with Crippen LogP contribution >= 0.6 is 11.8 Å². The van der Waals surface area contributed by atoms with Gasteiger partial charge in [-0.15, -0.1) is 11.8 Å². The first-order valence-corrected chi connectivity index (χ1v) is 10.0. The Kier molecular flexibility index (Phi) is 5.02. The second-order valence-electron chi connectivity index (χ2n) is 6.88. The van der Waals surface area contributed by atoms with Gasteiger partial charge in [0.1, 0.15) is 5.82 Å². The molecule has 1 aliphatic heterocycles. The molecule has 3 N–H and O–H groups in total. The van der Waals surface area contributed by atoms with Crippen LogP contribution in [0.4, 0.5) is 11.5 Å². The smallest absolute Gasteiger partial charge is 0.330 e. The molecule has 29 heavy (non-hydrogen) atoms. The maximum absolute atomic E-state index is 13.1. The number of fused-ring (bicyclic) bond motifs is 1. The third-order valence-electron chi connectivity index (χ3n) is 4.99. The summed E-state index contributed by atoms with van der Waals surface area (Å²) in [6.07, 6.45) is 0.589. The van der Waals surface area contributed by atoms with Crippen molar-refractivity contribution in [2.75, 3.05) is 17.7 Å². The molecule has 4 rings (SSSR count). The molecule has 1 amide bonds. The number of aromatic amines is 1. The van der Waals surface area contributed by atoms with Gasteiger partial charge < -0.3 is 10.6 Å². The fourth-order valence-corrected chi connectivity index (χ4v) is 4.76. The highest BCUT2D eigenvalue weighted by molar-refractivity contribution is 8.01. The van der Waals surface area contributed by atoms with Crippen molar-refractivity contribution < 1.29 is 4.79 Å². The summed E-state index contributed by atoms with van der Waals surface area (Å²) in [5.74, 6) is -0.257. The van der Waals surface area contributed by atoms with Crippen LogP contribution in [0.15, 0.2) is 69.1 Å². The van der Waals surface area contributed by atoms with Gasteiger partial charge in [0, 0.05) is 11.9 Å². The Bertz CT molecular complexity index is 1160. The topological polar surface area (TPSA) is 101 Å². The maximum Gasteiger partial charge on any atom is 0.330 e. The zero-order chi connectivity index (χ0) is 20.5. The molecule has 0 fully saturated rings. The van der Waals surface area contributed by atoms with Crippen LogP contribution in [0.1, 0.15) is 11.1 Å². The molecule has 7 nitrogen and oxygen atoms in total.